The van der Waals surface area contributed by atoms with Crippen LogP contribution in [-0.2, 0) is 7.05 Å². The monoisotopic (exact) mass is 228 g/mol. The van der Waals surface area contributed by atoms with E-state index in [0.717, 1.165) is 16.9 Å². The van der Waals surface area contributed by atoms with Crippen LogP contribution in [0.2, 0.25) is 0 Å². The van der Waals surface area contributed by atoms with Gasteiger partial charge in [-0.2, -0.15) is 0 Å². The molecule has 17 heavy (non-hydrogen) atoms. The van der Waals surface area contributed by atoms with E-state index in [1.54, 1.807) is 12.5 Å². The summed E-state index contributed by atoms with van der Waals surface area (Å²) in [6.07, 6.45) is 9.04. The number of anilines is 1. The number of pyridine rings is 1. The highest BCUT2D eigenvalue weighted by molar-refractivity contribution is 5.85. The summed E-state index contributed by atoms with van der Waals surface area (Å²) in [5.74, 6) is 3.83. The van der Waals surface area contributed by atoms with Crippen LogP contribution in [0.3, 0.4) is 0 Å². The van der Waals surface area contributed by atoms with Gasteiger partial charge < -0.3 is 9.88 Å². The van der Waals surface area contributed by atoms with Crippen LogP contribution in [0.15, 0.2) is 18.6 Å². The fourth-order valence-corrected chi connectivity index (χ4v) is 1.72. The number of hydrogen-bond acceptors (Lipinski definition) is 3. The SMILES string of the molecule is C#CC(Nc1nccc2c1ncn2C)C(C)C. The minimum Gasteiger partial charge on any atom is -0.354 e. The zero-order chi connectivity index (χ0) is 12.4. The molecule has 0 saturated carbocycles. The van der Waals surface area contributed by atoms with Crippen molar-refractivity contribution in [3.63, 3.8) is 0 Å². The molecule has 2 aromatic rings. The summed E-state index contributed by atoms with van der Waals surface area (Å²) in [6, 6.07) is 1.91. The first-order chi connectivity index (χ1) is 8.13. The lowest BCUT2D eigenvalue weighted by molar-refractivity contribution is 0.613. The number of nitrogens with one attached hydrogen (secondary N) is 1. The maximum absolute atomic E-state index is 5.50. The molecule has 4 heteroatoms. The molecule has 2 rings (SSSR count). The predicted molar refractivity (Wildman–Crippen MR) is 69.6 cm³/mol. The van der Waals surface area contributed by atoms with Crippen molar-refractivity contribution in [1.29, 1.82) is 0 Å². The second-order valence-corrected chi connectivity index (χ2v) is 4.42. The molecule has 1 N–H and O–H groups in total. The van der Waals surface area contributed by atoms with E-state index < -0.39 is 0 Å². The van der Waals surface area contributed by atoms with Crippen LogP contribution in [0, 0.1) is 18.3 Å². The van der Waals surface area contributed by atoms with Crippen molar-refractivity contribution in [1.82, 2.24) is 14.5 Å². The first kappa shape index (κ1) is 11.5. The van der Waals surface area contributed by atoms with Crippen LogP contribution < -0.4 is 5.32 Å². The second kappa shape index (κ2) is 4.46. The average molecular weight is 228 g/mol. The lowest BCUT2D eigenvalue weighted by Crippen LogP contribution is -2.24. The number of rotatable bonds is 3. The average Bonchev–Trinajstić information content (AvgIpc) is 2.69. The number of aryl methyl sites for hydroxylation is 1. The second-order valence-electron chi connectivity index (χ2n) is 4.42. The molecular formula is C13H16N4. The fourth-order valence-electron chi connectivity index (χ4n) is 1.72. The summed E-state index contributed by atoms with van der Waals surface area (Å²) in [5, 5.41) is 3.26. The Bertz CT molecular complexity index is 562. The predicted octanol–water partition coefficient (Wildman–Crippen LogP) is 2.04. The van der Waals surface area contributed by atoms with E-state index in [9.17, 15) is 0 Å². The van der Waals surface area contributed by atoms with Gasteiger partial charge in [0.25, 0.3) is 0 Å². The third kappa shape index (κ3) is 2.09. The van der Waals surface area contributed by atoms with Crippen molar-refractivity contribution in [2.24, 2.45) is 13.0 Å². The van der Waals surface area contributed by atoms with Gasteiger partial charge in [0.1, 0.15) is 5.52 Å². The van der Waals surface area contributed by atoms with Gasteiger partial charge in [-0.15, -0.1) is 6.42 Å². The van der Waals surface area contributed by atoms with Crippen molar-refractivity contribution in [3.8, 4) is 12.3 Å². The van der Waals surface area contributed by atoms with Gasteiger partial charge in [0.05, 0.1) is 17.9 Å². The summed E-state index contributed by atoms with van der Waals surface area (Å²) in [6.45, 7) is 4.16. The normalized spacial score (nSPS) is 12.6. The third-order valence-corrected chi connectivity index (χ3v) is 2.78. The van der Waals surface area contributed by atoms with Crippen LogP contribution in [0.1, 0.15) is 13.8 Å². The Kier molecular flexibility index (Phi) is 3.01. The molecule has 1 atom stereocenters. The zero-order valence-corrected chi connectivity index (χ0v) is 10.3. The Morgan fingerprint density at radius 1 is 1.41 bits per heavy atom. The molecule has 0 aliphatic carbocycles. The minimum absolute atomic E-state index is 0.0323. The van der Waals surface area contributed by atoms with Gasteiger partial charge in [0.2, 0.25) is 0 Å². The molecule has 0 radical (unpaired) electrons. The molecule has 4 nitrogen and oxygen atoms in total. The van der Waals surface area contributed by atoms with E-state index >= 15 is 0 Å². The molecule has 0 aliphatic heterocycles. The first-order valence-corrected chi connectivity index (χ1v) is 5.62. The molecule has 1 unspecified atom stereocenters. The fraction of sp³-hybridized carbons (Fsp3) is 0.385. The van der Waals surface area contributed by atoms with Crippen molar-refractivity contribution in [3.05, 3.63) is 18.6 Å². The lowest BCUT2D eigenvalue weighted by atomic mass is 10.1. The van der Waals surface area contributed by atoms with Crippen LogP contribution in [-0.4, -0.2) is 20.6 Å². The van der Waals surface area contributed by atoms with E-state index in [4.69, 9.17) is 6.42 Å². The summed E-state index contributed by atoms with van der Waals surface area (Å²) >= 11 is 0. The summed E-state index contributed by atoms with van der Waals surface area (Å²) in [4.78, 5) is 8.64. The maximum Gasteiger partial charge on any atom is 0.155 e. The number of hydrogen-bond donors (Lipinski definition) is 1. The molecule has 0 aliphatic rings. The molecule has 0 amide bonds. The highest BCUT2D eigenvalue weighted by Crippen LogP contribution is 2.20. The maximum atomic E-state index is 5.50. The highest BCUT2D eigenvalue weighted by atomic mass is 15.1. The van der Waals surface area contributed by atoms with E-state index in [1.165, 1.54) is 0 Å². The third-order valence-electron chi connectivity index (χ3n) is 2.78. The topological polar surface area (TPSA) is 42.7 Å². The molecule has 0 saturated heterocycles. The molecule has 0 aromatic carbocycles. The lowest BCUT2D eigenvalue weighted by Gasteiger charge is -2.17. The number of aromatic nitrogens is 3. The molecule has 2 aromatic heterocycles. The van der Waals surface area contributed by atoms with Crippen molar-refractivity contribution in [2.45, 2.75) is 19.9 Å². The smallest absolute Gasteiger partial charge is 0.155 e. The minimum atomic E-state index is -0.0323. The van der Waals surface area contributed by atoms with Crippen LogP contribution in [0.5, 0.6) is 0 Å². The van der Waals surface area contributed by atoms with Gasteiger partial charge in [-0.25, -0.2) is 9.97 Å². The number of imidazole rings is 1. The molecule has 88 valence electrons. The van der Waals surface area contributed by atoms with Gasteiger partial charge in [0, 0.05) is 13.2 Å². The summed E-state index contributed by atoms with van der Waals surface area (Å²) in [7, 11) is 1.96. The van der Waals surface area contributed by atoms with Crippen LogP contribution in [0.25, 0.3) is 11.0 Å². The van der Waals surface area contributed by atoms with E-state index in [-0.39, 0.29) is 6.04 Å². The van der Waals surface area contributed by atoms with E-state index in [0.29, 0.717) is 5.92 Å². The summed E-state index contributed by atoms with van der Waals surface area (Å²) in [5.41, 5.74) is 1.90. The number of terminal acetylenes is 1. The van der Waals surface area contributed by atoms with Crippen LogP contribution >= 0.6 is 0 Å². The largest absolute Gasteiger partial charge is 0.354 e. The number of nitrogens with zero attached hydrogens (tertiary/aromatic N) is 3. The van der Waals surface area contributed by atoms with E-state index in [1.807, 2.05) is 17.7 Å². The van der Waals surface area contributed by atoms with Crippen molar-refractivity contribution < 1.29 is 0 Å². The molecule has 0 bridgehead atoms. The molecule has 0 spiro atoms. The van der Waals surface area contributed by atoms with E-state index in [2.05, 4.69) is 35.1 Å². The quantitative estimate of drug-likeness (QED) is 0.817. The number of fused-ring (bicyclic) bond motifs is 1. The summed E-state index contributed by atoms with van der Waals surface area (Å²) < 4.78 is 1.96. The van der Waals surface area contributed by atoms with Gasteiger partial charge in [-0.1, -0.05) is 19.8 Å². The first-order valence-electron chi connectivity index (χ1n) is 5.62. The van der Waals surface area contributed by atoms with Crippen LogP contribution in [0.4, 0.5) is 5.82 Å². The van der Waals surface area contributed by atoms with Gasteiger partial charge in [-0.05, 0) is 12.0 Å². The Morgan fingerprint density at radius 3 is 2.82 bits per heavy atom. The van der Waals surface area contributed by atoms with Crippen molar-refractivity contribution in [2.75, 3.05) is 5.32 Å². The Hall–Kier alpha value is -2.02. The molecule has 0 fully saturated rings. The highest BCUT2D eigenvalue weighted by Gasteiger charge is 2.13. The van der Waals surface area contributed by atoms with Crippen molar-refractivity contribution >= 4 is 16.9 Å². The standard InChI is InChI=1S/C13H16N4/c1-5-10(9(2)3)16-13-12-11(6-7-14-13)17(4)8-15-12/h1,6-10H,2-4H3,(H,14,16). The Morgan fingerprint density at radius 2 is 2.18 bits per heavy atom. The molecule has 2 heterocycles. The van der Waals surface area contributed by atoms with Gasteiger partial charge in [0.15, 0.2) is 5.82 Å². The zero-order valence-electron chi connectivity index (χ0n) is 10.3. The Labute approximate surface area is 101 Å². The Balaban J connectivity index is 2.40. The van der Waals surface area contributed by atoms with Gasteiger partial charge >= 0.3 is 0 Å². The van der Waals surface area contributed by atoms with Gasteiger partial charge in [-0.3, -0.25) is 0 Å². The molecular weight excluding hydrogens is 212 g/mol.